The lowest BCUT2D eigenvalue weighted by Crippen LogP contribution is -2.04. The molecule has 2 unspecified atom stereocenters. The van der Waals surface area contributed by atoms with Crippen molar-refractivity contribution in [1.29, 1.82) is 0 Å². The minimum absolute atomic E-state index is 0.0994. The van der Waals surface area contributed by atoms with E-state index < -0.39 is 0 Å². The van der Waals surface area contributed by atoms with Gasteiger partial charge in [-0.2, -0.15) is 0 Å². The summed E-state index contributed by atoms with van der Waals surface area (Å²) in [6.45, 7) is 3.91. The van der Waals surface area contributed by atoms with Crippen molar-refractivity contribution in [2.45, 2.75) is 26.2 Å². The highest BCUT2D eigenvalue weighted by atomic mass is 16.7. The molecule has 0 bridgehead atoms. The Balaban J connectivity index is 2.12. The van der Waals surface area contributed by atoms with E-state index in [9.17, 15) is 4.79 Å². The van der Waals surface area contributed by atoms with Gasteiger partial charge in [0.1, 0.15) is 5.75 Å². The molecule has 4 nitrogen and oxygen atoms in total. The maximum absolute atomic E-state index is 10.8. The largest absolute Gasteiger partial charge is 0.427 e. The highest BCUT2D eigenvalue weighted by Crippen LogP contribution is 2.28. The Kier molecular flexibility index (Phi) is 3.22. The number of rotatable bonds is 2. The van der Waals surface area contributed by atoms with Crippen molar-refractivity contribution in [3.05, 3.63) is 29.8 Å². The molecule has 0 aliphatic carbocycles. The van der Waals surface area contributed by atoms with Crippen LogP contribution in [0, 0.1) is 0 Å². The zero-order chi connectivity index (χ0) is 11.5. The van der Waals surface area contributed by atoms with Crippen LogP contribution in [0.1, 0.15) is 25.7 Å². The Morgan fingerprint density at radius 2 is 2.31 bits per heavy atom. The fourth-order valence-electron chi connectivity index (χ4n) is 1.58. The third-order valence-electron chi connectivity index (χ3n) is 2.23. The summed E-state index contributed by atoms with van der Waals surface area (Å²) in [4.78, 5) is 10.8. The van der Waals surface area contributed by atoms with Crippen LogP contribution in [0.4, 0.5) is 0 Å². The first kappa shape index (κ1) is 11.1. The zero-order valence-electron chi connectivity index (χ0n) is 9.30. The van der Waals surface area contributed by atoms with Gasteiger partial charge in [-0.25, -0.2) is 0 Å². The highest BCUT2D eigenvalue weighted by molar-refractivity contribution is 5.69. The second-order valence-corrected chi connectivity index (χ2v) is 3.78. The van der Waals surface area contributed by atoms with Crippen molar-refractivity contribution in [3.8, 4) is 5.75 Å². The second-order valence-electron chi connectivity index (χ2n) is 3.78. The Labute approximate surface area is 94.1 Å². The summed E-state index contributed by atoms with van der Waals surface area (Å²) in [6.07, 6.45) is -0.257. The van der Waals surface area contributed by atoms with E-state index in [0.29, 0.717) is 12.4 Å². The molecule has 86 valence electrons. The number of carbonyl (C=O) groups excluding carboxylic acids is 1. The van der Waals surface area contributed by atoms with Crippen LogP contribution < -0.4 is 4.74 Å². The van der Waals surface area contributed by atoms with E-state index in [1.807, 2.05) is 19.1 Å². The predicted octanol–water partition coefficient (Wildman–Crippen LogP) is 2.05. The van der Waals surface area contributed by atoms with Crippen molar-refractivity contribution in [2.24, 2.45) is 0 Å². The van der Waals surface area contributed by atoms with Gasteiger partial charge in [-0.05, 0) is 19.1 Å². The maximum Gasteiger partial charge on any atom is 0.308 e. The lowest BCUT2D eigenvalue weighted by atomic mass is 10.2. The van der Waals surface area contributed by atoms with Gasteiger partial charge in [-0.3, -0.25) is 4.79 Å². The smallest absolute Gasteiger partial charge is 0.308 e. The zero-order valence-corrected chi connectivity index (χ0v) is 9.30. The number of ether oxygens (including phenoxy) is 3. The molecule has 0 saturated carbocycles. The summed E-state index contributed by atoms with van der Waals surface area (Å²) in [5, 5.41) is 0. The molecule has 1 aliphatic heterocycles. The standard InChI is InChI=1S/C12H14O4/c1-8-7-14-12(15-8)10-4-3-5-11(6-10)16-9(2)13/h3-6,8,12H,7H2,1-2H3. The molecule has 2 rings (SSSR count). The summed E-state index contributed by atoms with van der Waals surface area (Å²) >= 11 is 0. The van der Waals surface area contributed by atoms with Crippen LogP contribution in [-0.4, -0.2) is 18.7 Å². The van der Waals surface area contributed by atoms with Gasteiger partial charge < -0.3 is 14.2 Å². The lowest BCUT2D eigenvalue weighted by molar-refractivity contribution is -0.131. The molecule has 2 atom stereocenters. The maximum atomic E-state index is 10.8. The third kappa shape index (κ3) is 2.59. The molecule has 1 saturated heterocycles. The Hall–Kier alpha value is -1.39. The molecule has 4 heteroatoms. The van der Waals surface area contributed by atoms with Gasteiger partial charge in [0.15, 0.2) is 6.29 Å². The number of esters is 1. The van der Waals surface area contributed by atoms with Crippen LogP contribution in [-0.2, 0) is 14.3 Å². The monoisotopic (exact) mass is 222 g/mol. The summed E-state index contributed by atoms with van der Waals surface area (Å²) < 4.78 is 16.0. The van der Waals surface area contributed by atoms with E-state index in [1.54, 1.807) is 12.1 Å². The number of carbonyl (C=O) groups is 1. The van der Waals surface area contributed by atoms with Crippen molar-refractivity contribution < 1.29 is 19.0 Å². The van der Waals surface area contributed by atoms with Gasteiger partial charge in [0.2, 0.25) is 0 Å². The first-order valence-corrected chi connectivity index (χ1v) is 5.20. The first-order chi connectivity index (χ1) is 7.65. The normalized spacial score (nSPS) is 24.4. The van der Waals surface area contributed by atoms with Crippen molar-refractivity contribution in [3.63, 3.8) is 0 Å². The summed E-state index contributed by atoms with van der Waals surface area (Å²) in [5.74, 6) is 0.176. The molecule has 1 aliphatic rings. The molecule has 1 heterocycles. The van der Waals surface area contributed by atoms with E-state index in [1.165, 1.54) is 6.92 Å². The fraction of sp³-hybridized carbons (Fsp3) is 0.417. The predicted molar refractivity (Wildman–Crippen MR) is 57.0 cm³/mol. The molecule has 1 aromatic carbocycles. The van der Waals surface area contributed by atoms with Gasteiger partial charge >= 0.3 is 5.97 Å². The second kappa shape index (κ2) is 4.63. The SMILES string of the molecule is CC(=O)Oc1cccc(C2OCC(C)O2)c1. The topological polar surface area (TPSA) is 44.8 Å². The molecule has 1 aromatic rings. The van der Waals surface area contributed by atoms with E-state index >= 15 is 0 Å². The van der Waals surface area contributed by atoms with Gasteiger partial charge in [-0.15, -0.1) is 0 Å². The average Bonchev–Trinajstić information content (AvgIpc) is 2.64. The van der Waals surface area contributed by atoms with Gasteiger partial charge in [0, 0.05) is 12.5 Å². The molecule has 1 fully saturated rings. The van der Waals surface area contributed by atoms with Crippen LogP contribution >= 0.6 is 0 Å². The fourth-order valence-corrected chi connectivity index (χ4v) is 1.58. The molecule has 0 aromatic heterocycles. The van der Waals surface area contributed by atoms with Gasteiger partial charge in [-0.1, -0.05) is 12.1 Å². The van der Waals surface area contributed by atoms with Crippen molar-refractivity contribution in [2.75, 3.05) is 6.61 Å². The van der Waals surface area contributed by atoms with Crippen LogP contribution in [0.15, 0.2) is 24.3 Å². The summed E-state index contributed by atoms with van der Waals surface area (Å²) in [5.41, 5.74) is 0.864. The van der Waals surface area contributed by atoms with E-state index in [4.69, 9.17) is 14.2 Å². The lowest BCUT2D eigenvalue weighted by Gasteiger charge is -2.11. The van der Waals surface area contributed by atoms with Gasteiger partial charge in [0.25, 0.3) is 0 Å². The van der Waals surface area contributed by atoms with E-state index in [-0.39, 0.29) is 18.4 Å². The molecular weight excluding hydrogens is 208 g/mol. The van der Waals surface area contributed by atoms with E-state index in [2.05, 4.69) is 0 Å². The Bertz CT molecular complexity index is 388. The molecular formula is C12H14O4. The van der Waals surface area contributed by atoms with Crippen LogP contribution in [0.2, 0.25) is 0 Å². The molecule has 0 N–H and O–H groups in total. The quantitative estimate of drug-likeness (QED) is 0.567. The van der Waals surface area contributed by atoms with Crippen LogP contribution in [0.3, 0.4) is 0 Å². The minimum atomic E-state index is -0.356. The van der Waals surface area contributed by atoms with Gasteiger partial charge in [0.05, 0.1) is 12.7 Å². The van der Waals surface area contributed by atoms with E-state index in [0.717, 1.165) is 5.56 Å². The summed E-state index contributed by atoms with van der Waals surface area (Å²) in [6, 6.07) is 7.17. The Morgan fingerprint density at radius 3 is 2.94 bits per heavy atom. The molecule has 16 heavy (non-hydrogen) atoms. The minimum Gasteiger partial charge on any atom is -0.427 e. The summed E-state index contributed by atoms with van der Waals surface area (Å²) in [7, 11) is 0. The average molecular weight is 222 g/mol. The third-order valence-corrected chi connectivity index (χ3v) is 2.23. The first-order valence-electron chi connectivity index (χ1n) is 5.20. The van der Waals surface area contributed by atoms with Crippen molar-refractivity contribution in [1.82, 2.24) is 0 Å². The number of hydrogen-bond donors (Lipinski definition) is 0. The highest BCUT2D eigenvalue weighted by Gasteiger charge is 2.24. The van der Waals surface area contributed by atoms with Crippen LogP contribution in [0.25, 0.3) is 0 Å². The van der Waals surface area contributed by atoms with Crippen molar-refractivity contribution >= 4 is 5.97 Å². The molecule has 0 radical (unpaired) electrons. The molecule has 0 spiro atoms. The molecule has 0 amide bonds. The number of benzene rings is 1. The Morgan fingerprint density at radius 1 is 1.50 bits per heavy atom. The number of hydrogen-bond acceptors (Lipinski definition) is 4. The van der Waals surface area contributed by atoms with Crippen LogP contribution in [0.5, 0.6) is 5.75 Å².